The lowest BCUT2D eigenvalue weighted by molar-refractivity contribution is -0.119. The summed E-state index contributed by atoms with van der Waals surface area (Å²) in [5.74, 6) is -0.626. The molecule has 3 aromatic carbocycles. The Morgan fingerprint density at radius 2 is 1.75 bits per heavy atom. The number of nitrogens with zero attached hydrogens (tertiary/aromatic N) is 1. The highest BCUT2D eigenvalue weighted by Gasteiger charge is 2.19. The zero-order valence-corrected chi connectivity index (χ0v) is 19.9. The lowest BCUT2D eigenvalue weighted by Crippen LogP contribution is -2.23. The van der Waals surface area contributed by atoms with E-state index in [0.29, 0.717) is 29.1 Å². The zero-order valence-electron chi connectivity index (χ0n) is 19.9. The Labute approximate surface area is 208 Å². The molecule has 0 saturated heterocycles. The van der Waals surface area contributed by atoms with E-state index in [2.05, 4.69) is 15.6 Å². The van der Waals surface area contributed by atoms with Gasteiger partial charge in [0.2, 0.25) is 5.89 Å². The van der Waals surface area contributed by atoms with Crippen LogP contribution >= 0.6 is 0 Å². The number of oxazole rings is 1. The van der Waals surface area contributed by atoms with Gasteiger partial charge in [0, 0.05) is 23.4 Å². The first-order valence-electron chi connectivity index (χ1n) is 11.4. The lowest BCUT2D eigenvalue weighted by Gasteiger charge is -2.09. The summed E-state index contributed by atoms with van der Waals surface area (Å²) >= 11 is 0. The highest BCUT2D eigenvalue weighted by molar-refractivity contribution is 6.00. The predicted octanol–water partition coefficient (Wildman–Crippen LogP) is 4.86. The number of amides is 2. The monoisotopic (exact) mass is 483 g/mol. The SMILES string of the molecule is CCNC(=O)c1cccc(NC(=O)COC(=O)c2ccccc2-c2ncc(-c3ccc(C)cc3)o2)c1. The van der Waals surface area contributed by atoms with Gasteiger partial charge in [0.1, 0.15) is 0 Å². The molecule has 0 aliphatic heterocycles. The second-order valence-electron chi connectivity index (χ2n) is 8.01. The van der Waals surface area contributed by atoms with E-state index in [9.17, 15) is 14.4 Å². The van der Waals surface area contributed by atoms with Crippen LogP contribution in [0.2, 0.25) is 0 Å². The molecule has 2 N–H and O–H groups in total. The van der Waals surface area contributed by atoms with Crippen LogP contribution in [-0.2, 0) is 9.53 Å². The average Bonchev–Trinajstić information content (AvgIpc) is 3.38. The van der Waals surface area contributed by atoms with Gasteiger partial charge in [0.25, 0.3) is 11.8 Å². The first-order chi connectivity index (χ1) is 17.4. The van der Waals surface area contributed by atoms with Crippen molar-refractivity contribution >= 4 is 23.5 Å². The van der Waals surface area contributed by atoms with E-state index in [0.717, 1.165) is 11.1 Å². The molecule has 0 saturated carbocycles. The van der Waals surface area contributed by atoms with Gasteiger partial charge in [0.15, 0.2) is 12.4 Å². The van der Waals surface area contributed by atoms with Crippen LogP contribution in [0, 0.1) is 6.92 Å². The third kappa shape index (κ3) is 5.85. The number of anilines is 1. The Hall–Kier alpha value is -4.72. The van der Waals surface area contributed by atoms with Crippen molar-refractivity contribution in [3.05, 3.63) is 95.7 Å². The summed E-state index contributed by atoms with van der Waals surface area (Å²) in [5, 5.41) is 5.33. The smallest absolute Gasteiger partial charge is 0.339 e. The van der Waals surface area contributed by atoms with Gasteiger partial charge in [-0.1, -0.05) is 48.0 Å². The molecule has 1 heterocycles. The number of hydrogen-bond acceptors (Lipinski definition) is 6. The Kier molecular flexibility index (Phi) is 7.55. The maximum Gasteiger partial charge on any atom is 0.339 e. The van der Waals surface area contributed by atoms with Crippen molar-refractivity contribution in [3.8, 4) is 22.8 Å². The average molecular weight is 484 g/mol. The number of hydrogen-bond donors (Lipinski definition) is 2. The van der Waals surface area contributed by atoms with Crippen molar-refractivity contribution in [1.29, 1.82) is 0 Å². The fourth-order valence-corrected chi connectivity index (χ4v) is 3.50. The Morgan fingerprint density at radius 3 is 2.53 bits per heavy atom. The van der Waals surface area contributed by atoms with Crippen molar-refractivity contribution in [2.45, 2.75) is 13.8 Å². The van der Waals surface area contributed by atoms with E-state index in [1.165, 1.54) is 0 Å². The highest BCUT2D eigenvalue weighted by atomic mass is 16.5. The maximum absolute atomic E-state index is 12.8. The van der Waals surface area contributed by atoms with Crippen LogP contribution in [0.4, 0.5) is 5.69 Å². The molecule has 182 valence electrons. The van der Waals surface area contributed by atoms with E-state index in [1.807, 2.05) is 38.1 Å². The van der Waals surface area contributed by atoms with Gasteiger partial charge in [-0.05, 0) is 44.2 Å². The van der Waals surface area contributed by atoms with Crippen LogP contribution in [0.5, 0.6) is 0 Å². The number of aromatic nitrogens is 1. The molecular formula is C28H25N3O5. The molecule has 0 fully saturated rings. The van der Waals surface area contributed by atoms with Gasteiger partial charge in [-0.3, -0.25) is 9.59 Å². The molecule has 8 nitrogen and oxygen atoms in total. The molecule has 4 aromatic rings. The predicted molar refractivity (Wildman–Crippen MR) is 135 cm³/mol. The Bertz CT molecular complexity index is 1390. The van der Waals surface area contributed by atoms with Gasteiger partial charge >= 0.3 is 5.97 Å². The first kappa shape index (κ1) is 24.4. The fourth-order valence-electron chi connectivity index (χ4n) is 3.50. The van der Waals surface area contributed by atoms with E-state index >= 15 is 0 Å². The lowest BCUT2D eigenvalue weighted by atomic mass is 10.1. The number of rotatable bonds is 8. The van der Waals surface area contributed by atoms with Crippen molar-refractivity contribution in [1.82, 2.24) is 10.3 Å². The molecule has 36 heavy (non-hydrogen) atoms. The molecule has 4 rings (SSSR count). The molecule has 1 aromatic heterocycles. The molecular weight excluding hydrogens is 458 g/mol. The summed E-state index contributed by atoms with van der Waals surface area (Å²) in [7, 11) is 0. The van der Waals surface area contributed by atoms with Crippen molar-refractivity contribution in [2.75, 3.05) is 18.5 Å². The van der Waals surface area contributed by atoms with Crippen LogP contribution < -0.4 is 10.6 Å². The normalized spacial score (nSPS) is 10.5. The number of ether oxygens (including phenoxy) is 1. The summed E-state index contributed by atoms with van der Waals surface area (Å²) in [5.41, 5.74) is 3.51. The zero-order chi connectivity index (χ0) is 25.5. The molecule has 0 aliphatic carbocycles. The van der Waals surface area contributed by atoms with Gasteiger partial charge in [-0.15, -0.1) is 0 Å². The number of nitrogens with one attached hydrogen (secondary N) is 2. The number of benzene rings is 3. The highest BCUT2D eigenvalue weighted by Crippen LogP contribution is 2.28. The van der Waals surface area contributed by atoms with Crippen LogP contribution in [0.25, 0.3) is 22.8 Å². The topological polar surface area (TPSA) is 111 Å². The number of aryl methyl sites for hydroxylation is 1. The molecule has 0 aliphatic rings. The Morgan fingerprint density at radius 1 is 0.972 bits per heavy atom. The first-order valence-corrected chi connectivity index (χ1v) is 11.4. The summed E-state index contributed by atoms with van der Waals surface area (Å²) in [4.78, 5) is 41.5. The second-order valence-corrected chi connectivity index (χ2v) is 8.01. The summed E-state index contributed by atoms with van der Waals surface area (Å²) in [6.45, 7) is 3.81. The largest absolute Gasteiger partial charge is 0.452 e. The van der Waals surface area contributed by atoms with E-state index < -0.39 is 18.5 Å². The standard InChI is InChI=1S/C28H25N3O5/c1-3-29-26(33)20-7-6-8-21(15-20)31-25(32)17-35-28(34)23-10-5-4-9-22(23)27-30-16-24(36-27)19-13-11-18(2)12-14-19/h4-16H,3,17H2,1-2H3,(H,29,33)(H,31,32). The van der Waals surface area contributed by atoms with E-state index in [1.54, 1.807) is 54.7 Å². The molecule has 0 atom stereocenters. The van der Waals surface area contributed by atoms with Crippen LogP contribution in [0.3, 0.4) is 0 Å². The maximum atomic E-state index is 12.8. The van der Waals surface area contributed by atoms with Gasteiger partial charge in [-0.2, -0.15) is 0 Å². The summed E-state index contributed by atoms with van der Waals surface area (Å²) < 4.78 is 11.2. The molecule has 2 amide bonds. The van der Waals surface area contributed by atoms with E-state index in [-0.39, 0.29) is 17.4 Å². The van der Waals surface area contributed by atoms with Crippen LogP contribution in [-0.4, -0.2) is 35.9 Å². The van der Waals surface area contributed by atoms with Crippen molar-refractivity contribution < 1.29 is 23.5 Å². The van der Waals surface area contributed by atoms with Crippen molar-refractivity contribution in [2.24, 2.45) is 0 Å². The minimum absolute atomic E-state index is 0.223. The Balaban J connectivity index is 1.42. The summed E-state index contributed by atoms with van der Waals surface area (Å²) in [6, 6.07) is 21.1. The second kappa shape index (κ2) is 11.1. The van der Waals surface area contributed by atoms with Gasteiger partial charge < -0.3 is 19.8 Å². The quantitative estimate of drug-likeness (QED) is 0.346. The molecule has 0 radical (unpaired) electrons. The summed E-state index contributed by atoms with van der Waals surface area (Å²) in [6.07, 6.45) is 1.60. The third-order valence-electron chi connectivity index (χ3n) is 5.30. The number of carbonyl (C=O) groups is 3. The molecule has 8 heteroatoms. The third-order valence-corrected chi connectivity index (χ3v) is 5.30. The van der Waals surface area contributed by atoms with Gasteiger partial charge in [-0.25, -0.2) is 9.78 Å². The van der Waals surface area contributed by atoms with E-state index in [4.69, 9.17) is 9.15 Å². The minimum Gasteiger partial charge on any atom is -0.452 e. The van der Waals surface area contributed by atoms with Crippen LogP contribution in [0.15, 0.2) is 83.4 Å². The molecule has 0 unspecified atom stereocenters. The number of esters is 1. The fraction of sp³-hybridized carbons (Fsp3) is 0.143. The van der Waals surface area contributed by atoms with Crippen LogP contribution in [0.1, 0.15) is 33.2 Å². The van der Waals surface area contributed by atoms with Crippen molar-refractivity contribution in [3.63, 3.8) is 0 Å². The van der Waals surface area contributed by atoms with Gasteiger partial charge in [0.05, 0.1) is 17.3 Å². The molecule has 0 bridgehead atoms. The minimum atomic E-state index is -0.688. The molecule has 0 spiro atoms. The number of carbonyl (C=O) groups excluding carboxylic acids is 3.